The highest BCUT2D eigenvalue weighted by Gasteiger charge is 2.70. The number of ether oxygens (including phenoxy) is 1. The van der Waals surface area contributed by atoms with Crippen molar-refractivity contribution in [3.63, 3.8) is 0 Å². The molecule has 0 unspecified atom stereocenters. The Kier molecular flexibility index (Phi) is 5.06. The molecule has 0 amide bonds. The van der Waals surface area contributed by atoms with Crippen molar-refractivity contribution in [1.82, 2.24) is 0 Å². The number of ketones is 1. The predicted molar refractivity (Wildman–Crippen MR) is 134 cm³/mol. The van der Waals surface area contributed by atoms with E-state index in [1.54, 1.807) is 13.0 Å². The monoisotopic (exact) mass is 480 g/mol. The third-order valence-electron chi connectivity index (χ3n) is 11.6. The van der Waals surface area contributed by atoms with Crippen LogP contribution in [0, 0.1) is 33.0 Å². The Morgan fingerprint density at radius 2 is 1.71 bits per heavy atom. The van der Waals surface area contributed by atoms with Crippen molar-refractivity contribution in [3.8, 4) is 0 Å². The minimum absolute atomic E-state index is 0.0453. The summed E-state index contributed by atoms with van der Waals surface area (Å²) in [5.74, 6) is -0.391. The first-order valence-electron chi connectivity index (χ1n) is 13.0. The Morgan fingerprint density at radius 1 is 1.03 bits per heavy atom. The summed E-state index contributed by atoms with van der Waals surface area (Å²) in [5, 5.41) is 22.2. The lowest BCUT2D eigenvalue weighted by atomic mass is 9.33. The van der Waals surface area contributed by atoms with E-state index >= 15 is 0 Å². The van der Waals surface area contributed by atoms with Crippen LogP contribution in [0.25, 0.3) is 0 Å². The van der Waals surface area contributed by atoms with Gasteiger partial charge in [-0.3, -0.25) is 9.59 Å². The number of rotatable bonds is 1. The molecule has 0 aromatic rings. The number of hydrogen-bond donors (Lipinski definition) is 2. The first-order valence-corrected chi connectivity index (χ1v) is 13.0. The van der Waals surface area contributed by atoms with Gasteiger partial charge in [0.15, 0.2) is 5.76 Å². The van der Waals surface area contributed by atoms with E-state index in [0.29, 0.717) is 12.0 Å². The van der Waals surface area contributed by atoms with Gasteiger partial charge in [-0.05, 0) is 86.3 Å². The molecule has 0 bridgehead atoms. The average molecular weight is 481 g/mol. The third-order valence-corrected chi connectivity index (χ3v) is 11.6. The quantitative estimate of drug-likeness (QED) is 0.467. The van der Waals surface area contributed by atoms with E-state index in [9.17, 15) is 19.8 Å². The van der Waals surface area contributed by atoms with Gasteiger partial charge >= 0.3 is 5.97 Å². The van der Waals surface area contributed by atoms with Gasteiger partial charge in [-0.1, -0.05) is 45.4 Å². The summed E-state index contributed by atoms with van der Waals surface area (Å²) in [4.78, 5) is 25.5. The highest BCUT2D eigenvalue weighted by molar-refractivity contribution is 6.06. The zero-order valence-electron chi connectivity index (χ0n) is 22.2. The molecule has 0 spiro atoms. The van der Waals surface area contributed by atoms with E-state index in [1.807, 2.05) is 13.0 Å². The van der Waals surface area contributed by atoms with Crippen LogP contribution < -0.4 is 0 Å². The van der Waals surface area contributed by atoms with Crippen LogP contribution in [-0.2, 0) is 14.3 Å². The van der Waals surface area contributed by atoms with E-state index in [4.69, 9.17) is 4.74 Å². The molecule has 0 heterocycles. The zero-order chi connectivity index (χ0) is 25.8. The molecule has 3 fully saturated rings. The molecular weight excluding hydrogens is 440 g/mol. The fraction of sp³-hybridized carbons (Fsp3) is 0.667. The maximum Gasteiger partial charge on any atom is 0.311 e. The van der Waals surface area contributed by atoms with Crippen LogP contribution in [0.15, 0.2) is 46.3 Å². The molecule has 2 N–H and O–H groups in total. The Balaban J connectivity index is 1.67. The molecule has 5 aliphatic carbocycles. The van der Waals surface area contributed by atoms with Gasteiger partial charge in [0.05, 0.1) is 18.6 Å². The third kappa shape index (κ3) is 2.85. The lowest BCUT2D eigenvalue weighted by Gasteiger charge is -2.71. The Labute approximate surface area is 209 Å². The van der Waals surface area contributed by atoms with Gasteiger partial charge in [0.25, 0.3) is 0 Å². The van der Waals surface area contributed by atoms with Gasteiger partial charge < -0.3 is 14.9 Å². The van der Waals surface area contributed by atoms with Crippen LogP contribution in [0.5, 0.6) is 0 Å². The highest BCUT2D eigenvalue weighted by Crippen LogP contribution is 2.75. The minimum atomic E-state index is -0.526. The maximum atomic E-state index is 12.8. The summed E-state index contributed by atoms with van der Waals surface area (Å²) in [6.07, 6.45) is 10.1. The number of carbonyl (C=O) groups excluding carboxylic acids is 2. The first-order chi connectivity index (χ1) is 16.2. The summed E-state index contributed by atoms with van der Waals surface area (Å²) in [5.41, 5.74) is 1.99. The molecule has 0 saturated heterocycles. The average Bonchev–Trinajstić information content (AvgIpc) is 2.81. The van der Waals surface area contributed by atoms with Crippen molar-refractivity contribution >= 4 is 11.8 Å². The van der Waals surface area contributed by atoms with Crippen LogP contribution in [0.2, 0.25) is 0 Å². The van der Waals surface area contributed by atoms with E-state index in [2.05, 4.69) is 33.8 Å². The summed E-state index contributed by atoms with van der Waals surface area (Å²) < 4.78 is 5.24. The number of aliphatic hydroxyl groups is 2. The van der Waals surface area contributed by atoms with Gasteiger partial charge in [-0.25, -0.2) is 0 Å². The van der Waals surface area contributed by atoms with Crippen LogP contribution in [0.1, 0.15) is 80.1 Å². The smallest absolute Gasteiger partial charge is 0.311 e. The minimum Gasteiger partial charge on any atom is -0.504 e. The van der Waals surface area contributed by atoms with Gasteiger partial charge in [0.1, 0.15) is 0 Å². The zero-order valence-corrected chi connectivity index (χ0v) is 22.2. The van der Waals surface area contributed by atoms with Crippen LogP contribution >= 0.6 is 0 Å². The van der Waals surface area contributed by atoms with E-state index in [1.165, 1.54) is 12.7 Å². The number of methoxy groups -OCH3 is 1. The van der Waals surface area contributed by atoms with Crippen LogP contribution in [-0.4, -0.2) is 35.2 Å². The molecule has 5 rings (SSSR count). The molecule has 0 radical (unpaired) electrons. The number of allylic oxidation sites excluding steroid dienone is 6. The molecule has 190 valence electrons. The van der Waals surface area contributed by atoms with Gasteiger partial charge in [0.2, 0.25) is 5.78 Å². The molecule has 0 aliphatic heterocycles. The fourth-order valence-corrected chi connectivity index (χ4v) is 9.00. The van der Waals surface area contributed by atoms with Gasteiger partial charge in [-0.2, -0.15) is 0 Å². The molecule has 0 aromatic carbocycles. The fourth-order valence-electron chi connectivity index (χ4n) is 9.00. The Morgan fingerprint density at radius 3 is 2.37 bits per heavy atom. The van der Waals surface area contributed by atoms with Crippen molar-refractivity contribution in [2.45, 2.75) is 86.2 Å². The van der Waals surface area contributed by atoms with Crippen LogP contribution in [0.4, 0.5) is 0 Å². The predicted octanol–water partition coefficient (Wildman–Crippen LogP) is 5.76. The molecule has 0 aromatic heterocycles. The van der Waals surface area contributed by atoms with E-state index in [-0.39, 0.29) is 34.3 Å². The summed E-state index contributed by atoms with van der Waals surface area (Å²) in [6.45, 7) is 12.9. The maximum absolute atomic E-state index is 12.8. The van der Waals surface area contributed by atoms with Crippen LogP contribution in [0.3, 0.4) is 0 Å². The van der Waals surface area contributed by atoms with Crippen molar-refractivity contribution in [1.29, 1.82) is 0 Å². The number of aliphatic hydroxyl groups excluding tert-OH is 2. The molecule has 5 aliphatic rings. The molecule has 35 heavy (non-hydrogen) atoms. The number of esters is 1. The highest BCUT2D eigenvalue weighted by atomic mass is 16.5. The standard InChI is InChI=1S/C30H40O5/c1-17-18-8-9-21-28(4,19(18)14-20(31)24(17)33)12-13-29(5)22-15-27(3,25(34)35-7)11-10-26(22,2)16-23(32)30(21,29)6/h8-9,14,22-23,32-33H,10-13,15-16H2,1-7H3/t22-,23+,26-,27-,28+,29+,30+/m1/s1. The summed E-state index contributed by atoms with van der Waals surface area (Å²) in [6, 6.07) is 0. The van der Waals surface area contributed by atoms with Gasteiger partial charge in [0, 0.05) is 16.4 Å². The molecule has 5 heteroatoms. The van der Waals surface area contributed by atoms with Crippen molar-refractivity contribution in [3.05, 3.63) is 46.3 Å². The van der Waals surface area contributed by atoms with Crippen molar-refractivity contribution in [2.75, 3.05) is 7.11 Å². The SMILES string of the molecule is COC(=O)[C@]1(C)CC[C@]2(C)C[C@H](O)[C@]3(C)C4=CC=C5C(=CC(=O)C(O)=C5C)[C@]4(C)CC[C@@]3(C)[C@@H]2C1. The van der Waals surface area contributed by atoms with E-state index in [0.717, 1.165) is 43.3 Å². The molecule has 5 nitrogen and oxygen atoms in total. The lowest BCUT2D eigenvalue weighted by molar-refractivity contribution is -0.214. The van der Waals surface area contributed by atoms with Crippen molar-refractivity contribution in [2.24, 2.45) is 33.0 Å². The van der Waals surface area contributed by atoms with Crippen molar-refractivity contribution < 1.29 is 24.5 Å². The normalized spacial score (nSPS) is 46.9. The number of fused-ring (bicyclic) bond motifs is 7. The largest absolute Gasteiger partial charge is 0.504 e. The second-order valence-electron chi connectivity index (χ2n) is 13.2. The Bertz CT molecular complexity index is 1160. The Hall–Kier alpha value is -2.14. The lowest BCUT2D eigenvalue weighted by Crippen LogP contribution is -2.67. The molecule has 7 atom stereocenters. The van der Waals surface area contributed by atoms with E-state index < -0.39 is 22.3 Å². The summed E-state index contributed by atoms with van der Waals surface area (Å²) >= 11 is 0. The first kappa shape index (κ1) is 24.5. The second kappa shape index (κ2) is 7.21. The molecular formula is C30H40O5. The number of hydrogen-bond acceptors (Lipinski definition) is 5. The molecule has 3 saturated carbocycles. The second-order valence-corrected chi connectivity index (χ2v) is 13.2. The topological polar surface area (TPSA) is 83.8 Å². The summed E-state index contributed by atoms with van der Waals surface area (Å²) in [7, 11) is 1.48. The van der Waals surface area contributed by atoms with Gasteiger partial charge in [-0.15, -0.1) is 0 Å². The number of carbonyl (C=O) groups is 2.